The van der Waals surface area contributed by atoms with Crippen molar-refractivity contribution in [1.82, 2.24) is 14.8 Å². The molecule has 2 heterocycles. The Balaban J connectivity index is 1.32. The first kappa shape index (κ1) is 18.6. The van der Waals surface area contributed by atoms with Crippen LogP contribution in [0.25, 0.3) is 11.1 Å². The smallest absolute Gasteiger partial charge is 0.322 e. The average molecular weight is 407 g/mol. The Bertz CT molecular complexity index is 1020. The van der Waals surface area contributed by atoms with Gasteiger partial charge in [-0.2, -0.15) is 0 Å². The van der Waals surface area contributed by atoms with Gasteiger partial charge in [0, 0.05) is 43.3 Å². The Morgan fingerprint density at radius 1 is 1.14 bits per heavy atom. The lowest BCUT2D eigenvalue weighted by atomic mass is 10.3. The third-order valence-corrected chi connectivity index (χ3v) is 4.82. The molecule has 0 bridgehead atoms. The minimum Gasteiger partial charge on any atom is -0.439 e. The van der Waals surface area contributed by atoms with Crippen molar-refractivity contribution in [3.8, 4) is 0 Å². The van der Waals surface area contributed by atoms with Gasteiger partial charge in [0.25, 0.3) is 0 Å². The molecule has 0 spiro atoms. The molecule has 1 N–H and O–H groups in total. The van der Waals surface area contributed by atoms with Crippen LogP contribution in [0.4, 0.5) is 19.3 Å². The van der Waals surface area contributed by atoms with Crippen molar-refractivity contribution in [2.45, 2.75) is 6.54 Å². The first-order chi connectivity index (χ1) is 13.5. The van der Waals surface area contributed by atoms with E-state index in [9.17, 15) is 13.6 Å². The number of hydrogen-bond donors (Lipinski definition) is 1. The van der Waals surface area contributed by atoms with Gasteiger partial charge in [0.2, 0.25) is 5.89 Å². The number of anilines is 1. The Kier molecular flexibility index (Phi) is 5.15. The third-order valence-electron chi connectivity index (χ3n) is 4.59. The van der Waals surface area contributed by atoms with Crippen molar-refractivity contribution in [1.29, 1.82) is 0 Å². The molecule has 2 aromatic carbocycles. The van der Waals surface area contributed by atoms with Gasteiger partial charge in [-0.25, -0.2) is 18.6 Å². The summed E-state index contributed by atoms with van der Waals surface area (Å²) in [5, 5.41) is 3.07. The fourth-order valence-corrected chi connectivity index (χ4v) is 3.26. The topological polar surface area (TPSA) is 61.6 Å². The minimum absolute atomic E-state index is 0.0426. The summed E-state index contributed by atoms with van der Waals surface area (Å²) < 4.78 is 32.4. The Morgan fingerprint density at radius 3 is 2.68 bits per heavy atom. The van der Waals surface area contributed by atoms with Gasteiger partial charge in [0.1, 0.15) is 17.2 Å². The maximum Gasteiger partial charge on any atom is 0.322 e. The molecule has 9 heteroatoms. The number of rotatable bonds is 3. The van der Waals surface area contributed by atoms with Crippen LogP contribution in [0, 0.1) is 11.6 Å². The number of urea groups is 1. The molecule has 28 heavy (non-hydrogen) atoms. The molecule has 1 aromatic heterocycles. The lowest BCUT2D eigenvalue weighted by molar-refractivity contribution is 0.136. The van der Waals surface area contributed by atoms with E-state index in [0.717, 1.165) is 17.6 Å². The minimum atomic E-state index is -0.803. The second-order valence-corrected chi connectivity index (χ2v) is 6.97. The van der Waals surface area contributed by atoms with Crippen LogP contribution in [0.5, 0.6) is 0 Å². The van der Waals surface area contributed by atoms with Gasteiger partial charge in [-0.3, -0.25) is 4.90 Å². The Morgan fingerprint density at radius 2 is 1.93 bits per heavy atom. The van der Waals surface area contributed by atoms with Crippen molar-refractivity contribution < 1.29 is 18.0 Å². The SMILES string of the molecule is O=C(Nc1ccc(F)cc1F)N1CCN(Cc2nc3ccc(Cl)cc3o2)CC1. The van der Waals surface area contributed by atoms with Crippen molar-refractivity contribution in [3.63, 3.8) is 0 Å². The summed E-state index contributed by atoms with van der Waals surface area (Å²) in [6, 6.07) is 7.92. The zero-order chi connectivity index (χ0) is 19.7. The largest absolute Gasteiger partial charge is 0.439 e. The zero-order valence-electron chi connectivity index (χ0n) is 14.8. The number of oxazole rings is 1. The van der Waals surface area contributed by atoms with Gasteiger partial charge in [-0.15, -0.1) is 0 Å². The summed E-state index contributed by atoms with van der Waals surface area (Å²) >= 11 is 5.96. The number of carbonyl (C=O) groups is 1. The van der Waals surface area contributed by atoms with E-state index in [2.05, 4.69) is 15.2 Å². The second-order valence-electron chi connectivity index (χ2n) is 6.54. The third kappa shape index (κ3) is 4.07. The van der Waals surface area contributed by atoms with Crippen molar-refractivity contribution in [3.05, 3.63) is 58.9 Å². The van der Waals surface area contributed by atoms with E-state index >= 15 is 0 Å². The van der Waals surface area contributed by atoms with Crippen LogP contribution in [0.2, 0.25) is 5.02 Å². The predicted molar refractivity (Wildman–Crippen MR) is 101 cm³/mol. The van der Waals surface area contributed by atoms with Crippen LogP contribution < -0.4 is 5.32 Å². The monoisotopic (exact) mass is 406 g/mol. The predicted octanol–water partition coefficient (Wildman–Crippen LogP) is 4.11. The zero-order valence-corrected chi connectivity index (χ0v) is 15.5. The highest BCUT2D eigenvalue weighted by Crippen LogP contribution is 2.21. The molecule has 1 aliphatic rings. The lowest BCUT2D eigenvalue weighted by Crippen LogP contribution is -2.49. The highest BCUT2D eigenvalue weighted by molar-refractivity contribution is 6.31. The number of fused-ring (bicyclic) bond motifs is 1. The van der Waals surface area contributed by atoms with Crippen molar-refractivity contribution >= 4 is 34.4 Å². The molecular formula is C19H17ClF2N4O2. The Hall–Kier alpha value is -2.71. The molecule has 0 unspecified atom stereocenters. The van der Waals surface area contributed by atoms with Gasteiger partial charge >= 0.3 is 6.03 Å². The average Bonchev–Trinajstić information content (AvgIpc) is 3.06. The van der Waals surface area contributed by atoms with Crippen LogP contribution in [-0.4, -0.2) is 47.0 Å². The van der Waals surface area contributed by atoms with Gasteiger partial charge in [0.15, 0.2) is 5.58 Å². The lowest BCUT2D eigenvalue weighted by Gasteiger charge is -2.34. The number of hydrogen-bond acceptors (Lipinski definition) is 4. The molecule has 146 valence electrons. The molecule has 0 atom stereocenters. The van der Waals surface area contributed by atoms with Gasteiger partial charge < -0.3 is 14.6 Å². The molecule has 2 amide bonds. The maximum absolute atomic E-state index is 13.7. The van der Waals surface area contributed by atoms with Crippen LogP contribution in [0.1, 0.15) is 5.89 Å². The number of carbonyl (C=O) groups excluding carboxylic acids is 1. The van der Waals surface area contributed by atoms with E-state index in [0.29, 0.717) is 49.2 Å². The number of piperazine rings is 1. The highest BCUT2D eigenvalue weighted by Gasteiger charge is 2.23. The first-order valence-corrected chi connectivity index (χ1v) is 9.14. The number of nitrogens with zero attached hydrogens (tertiary/aromatic N) is 3. The fraction of sp³-hybridized carbons (Fsp3) is 0.263. The van der Waals surface area contributed by atoms with Crippen LogP contribution in [0.15, 0.2) is 40.8 Å². The molecule has 0 saturated carbocycles. The molecule has 3 aromatic rings. The number of aromatic nitrogens is 1. The van der Waals surface area contributed by atoms with Gasteiger partial charge in [-0.05, 0) is 24.3 Å². The summed E-state index contributed by atoms with van der Waals surface area (Å²) in [4.78, 5) is 20.5. The first-order valence-electron chi connectivity index (χ1n) is 8.76. The van der Waals surface area contributed by atoms with Crippen LogP contribution >= 0.6 is 11.6 Å². The Labute approximate surface area is 164 Å². The van der Waals surface area contributed by atoms with Crippen molar-refractivity contribution in [2.75, 3.05) is 31.5 Å². The molecule has 1 fully saturated rings. The van der Waals surface area contributed by atoms with E-state index in [1.165, 1.54) is 6.07 Å². The van der Waals surface area contributed by atoms with E-state index in [-0.39, 0.29) is 5.69 Å². The fourth-order valence-electron chi connectivity index (χ4n) is 3.10. The van der Waals surface area contributed by atoms with Crippen molar-refractivity contribution in [2.24, 2.45) is 0 Å². The van der Waals surface area contributed by atoms with Crippen LogP contribution in [-0.2, 0) is 6.54 Å². The van der Waals surface area contributed by atoms with Gasteiger partial charge in [0.05, 0.1) is 12.2 Å². The summed E-state index contributed by atoms with van der Waals surface area (Å²) in [5.41, 5.74) is 1.35. The number of amides is 2. The molecule has 1 aliphatic heterocycles. The van der Waals surface area contributed by atoms with E-state index in [1.807, 2.05) is 6.07 Å². The maximum atomic E-state index is 13.7. The number of halogens is 3. The summed E-state index contributed by atoms with van der Waals surface area (Å²) in [7, 11) is 0. The molecule has 6 nitrogen and oxygen atoms in total. The van der Waals surface area contributed by atoms with E-state index in [4.69, 9.17) is 16.0 Å². The van der Waals surface area contributed by atoms with E-state index < -0.39 is 17.7 Å². The standard InChI is InChI=1S/C19H17ClF2N4O2/c20-12-1-3-16-17(9-12)28-18(23-16)11-25-5-7-26(8-6-25)19(27)24-15-4-2-13(21)10-14(15)22/h1-4,9-10H,5-8,11H2,(H,24,27). The molecule has 0 radical (unpaired) electrons. The quantitative estimate of drug-likeness (QED) is 0.711. The molecular weight excluding hydrogens is 390 g/mol. The van der Waals surface area contributed by atoms with Gasteiger partial charge in [-0.1, -0.05) is 11.6 Å². The highest BCUT2D eigenvalue weighted by atomic mass is 35.5. The summed E-state index contributed by atoms with van der Waals surface area (Å²) in [6.07, 6.45) is 0. The second kappa shape index (κ2) is 7.73. The molecule has 0 aliphatic carbocycles. The number of nitrogens with one attached hydrogen (secondary N) is 1. The number of benzene rings is 2. The normalized spacial score (nSPS) is 15.2. The molecule has 4 rings (SSSR count). The summed E-state index contributed by atoms with van der Waals surface area (Å²) in [6.45, 7) is 2.72. The summed E-state index contributed by atoms with van der Waals surface area (Å²) in [5.74, 6) is -0.905. The van der Waals surface area contributed by atoms with E-state index in [1.54, 1.807) is 17.0 Å². The molecule has 1 saturated heterocycles. The van der Waals surface area contributed by atoms with Crippen LogP contribution in [0.3, 0.4) is 0 Å².